The van der Waals surface area contributed by atoms with E-state index in [0.29, 0.717) is 26.2 Å². The number of hydrogen-bond donors (Lipinski definition) is 1. The van der Waals surface area contributed by atoms with Crippen molar-refractivity contribution in [3.63, 3.8) is 0 Å². The highest BCUT2D eigenvalue weighted by Crippen LogP contribution is 2.35. The summed E-state index contributed by atoms with van der Waals surface area (Å²) in [6.45, 7) is 4.47. The summed E-state index contributed by atoms with van der Waals surface area (Å²) in [4.78, 5) is 17.5. The third kappa shape index (κ3) is 5.92. The van der Waals surface area contributed by atoms with E-state index in [-0.39, 0.29) is 12.2 Å². The summed E-state index contributed by atoms with van der Waals surface area (Å²) in [7, 11) is 0. The Balaban J connectivity index is 1.46. The zero-order valence-corrected chi connectivity index (χ0v) is 21.0. The Bertz CT molecular complexity index is 1360. The minimum absolute atomic E-state index is 0.244. The van der Waals surface area contributed by atoms with Crippen LogP contribution in [0.25, 0.3) is 21.5 Å². The molecular weight excluding hydrogens is 491 g/mol. The molecule has 1 aliphatic heterocycles. The first-order valence-electron chi connectivity index (χ1n) is 12.8. The number of anilines is 1. The van der Waals surface area contributed by atoms with Crippen molar-refractivity contribution in [1.82, 2.24) is 9.80 Å². The minimum Gasteiger partial charge on any atom is -0.379 e. The summed E-state index contributed by atoms with van der Waals surface area (Å²) in [6, 6.07) is 22.6. The number of urea groups is 1. The number of halogens is 3. The third-order valence-corrected chi connectivity index (χ3v) is 7.00. The highest BCUT2D eigenvalue weighted by molar-refractivity contribution is 6.02. The molecule has 0 saturated carbocycles. The fourth-order valence-corrected chi connectivity index (χ4v) is 5.07. The summed E-state index contributed by atoms with van der Waals surface area (Å²) in [5.41, 5.74) is -0.132. The van der Waals surface area contributed by atoms with Gasteiger partial charge in [0.1, 0.15) is 0 Å². The number of nitrogens with zero attached hydrogens (tertiary/aromatic N) is 2. The van der Waals surface area contributed by atoms with E-state index < -0.39 is 17.8 Å². The number of hydrogen-bond acceptors (Lipinski definition) is 3. The molecule has 0 unspecified atom stereocenters. The van der Waals surface area contributed by atoms with Crippen LogP contribution < -0.4 is 5.32 Å². The van der Waals surface area contributed by atoms with Crippen molar-refractivity contribution in [1.29, 1.82) is 0 Å². The molecular formula is C30H30F3N3O2. The van der Waals surface area contributed by atoms with Crippen LogP contribution in [0.15, 0.2) is 78.9 Å². The van der Waals surface area contributed by atoms with Crippen LogP contribution in [0.2, 0.25) is 0 Å². The Hall–Kier alpha value is -3.62. The number of benzene rings is 4. The highest BCUT2D eigenvalue weighted by atomic mass is 19.4. The maximum Gasteiger partial charge on any atom is 0.418 e. The second kappa shape index (κ2) is 11.4. The number of morpholine rings is 1. The number of para-hydroxylation sites is 1. The molecule has 2 amide bonds. The maximum atomic E-state index is 13.6. The SMILES string of the molecule is O=C(Nc1ccccc1C(F)(F)F)N(CCCN1CCOCC1)Cc1c2ccccc2cc2ccccc12. The number of ether oxygens (including phenoxy) is 1. The Labute approximate surface area is 219 Å². The molecule has 8 heteroatoms. The van der Waals surface area contributed by atoms with E-state index in [9.17, 15) is 18.0 Å². The van der Waals surface area contributed by atoms with Gasteiger partial charge < -0.3 is 15.0 Å². The maximum absolute atomic E-state index is 13.6. The number of nitrogens with one attached hydrogen (secondary N) is 1. The number of alkyl halides is 3. The van der Waals surface area contributed by atoms with Crippen molar-refractivity contribution in [2.75, 3.05) is 44.7 Å². The molecule has 1 N–H and O–H groups in total. The molecule has 4 aromatic carbocycles. The van der Waals surface area contributed by atoms with Gasteiger partial charge in [-0.25, -0.2) is 4.79 Å². The molecule has 38 heavy (non-hydrogen) atoms. The molecule has 5 rings (SSSR count). The van der Waals surface area contributed by atoms with E-state index in [4.69, 9.17) is 4.74 Å². The van der Waals surface area contributed by atoms with E-state index in [1.807, 2.05) is 48.5 Å². The minimum atomic E-state index is -4.57. The molecule has 1 aliphatic rings. The van der Waals surface area contributed by atoms with Crippen molar-refractivity contribution >= 4 is 33.3 Å². The summed E-state index contributed by atoms with van der Waals surface area (Å²) in [5.74, 6) is 0. The van der Waals surface area contributed by atoms with Crippen LogP contribution in [-0.4, -0.2) is 55.2 Å². The molecule has 4 aromatic rings. The van der Waals surface area contributed by atoms with E-state index in [1.165, 1.54) is 18.2 Å². The lowest BCUT2D eigenvalue weighted by Crippen LogP contribution is -2.40. The van der Waals surface area contributed by atoms with Gasteiger partial charge in [-0.2, -0.15) is 13.2 Å². The van der Waals surface area contributed by atoms with Crippen LogP contribution in [-0.2, 0) is 17.5 Å². The van der Waals surface area contributed by atoms with Crippen molar-refractivity contribution in [2.24, 2.45) is 0 Å². The predicted molar refractivity (Wildman–Crippen MR) is 144 cm³/mol. The summed E-state index contributed by atoms with van der Waals surface area (Å²) < 4.78 is 46.3. The lowest BCUT2D eigenvalue weighted by Gasteiger charge is -2.29. The van der Waals surface area contributed by atoms with Gasteiger partial charge in [0.2, 0.25) is 0 Å². The summed E-state index contributed by atoms with van der Waals surface area (Å²) >= 11 is 0. The first kappa shape index (κ1) is 26.0. The van der Waals surface area contributed by atoms with Gasteiger partial charge in [-0.3, -0.25) is 4.90 Å². The van der Waals surface area contributed by atoms with Gasteiger partial charge in [-0.1, -0.05) is 60.7 Å². The van der Waals surface area contributed by atoms with E-state index >= 15 is 0 Å². The fourth-order valence-electron chi connectivity index (χ4n) is 5.07. The molecule has 0 aliphatic carbocycles. The molecule has 1 heterocycles. The van der Waals surface area contributed by atoms with Gasteiger partial charge >= 0.3 is 12.2 Å². The molecule has 198 valence electrons. The first-order valence-corrected chi connectivity index (χ1v) is 12.8. The molecule has 0 atom stereocenters. The highest BCUT2D eigenvalue weighted by Gasteiger charge is 2.34. The fraction of sp³-hybridized carbons (Fsp3) is 0.300. The van der Waals surface area contributed by atoms with Crippen molar-refractivity contribution in [3.05, 3.63) is 90.0 Å². The van der Waals surface area contributed by atoms with Crippen LogP contribution in [0, 0.1) is 0 Å². The Morgan fingerprint density at radius 1 is 0.895 bits per heavy atom. The van der Waals surface area contributed by atoms with E-state index in [2.05, 4.69) is 16.3 Å². The lowest BCUT2D eigenvalue weighted by molar-refractivity contribution is -0.136. The number of carbonyl (C=O) groups excluding carboxylic acids is 1. The number of carbonyl (C=O) groups is 1. The van der Waals surface area contributed by atoms with Crippen molar-refractivity contribution in [2.45, 2.75) is 19.1 Å². The Morgan fingerprint density at radius 2 is 1.50 bits per heavy atom. The van der Waals surface area contributed by atoms with Gasteiger partial charge in [-0.15, -0.1) is 0 Å². The number of fused-ring (bicyclic) bond motifs is 2. The first-order chi connectivity index (χ1) is 18.4. The third-order valence-electron chi connectivity index (χ3n) is 7.00. The van der Waals surface area contributed by atoms with Crippen LogP contribution in [0.1, 0.15) is 17.5 Å². The molecule has 0 spiro atoms. The van der Waals surface area contributed by atoms with Crippen LogP contribution in [0.4, 0.5) is 23.7 Å². The van der Waals surface area contributed by atoms with Crippen LogP contribution in [0.3, 0.4) is 0 Å². The average molecular weight is 522 g/mol. The van der Waals surface area contributed by atoms with E-state index in [1.54, 1.807) is 4.90 Å². The van der Waals surface area contributed by atoms with Crippen LogP contribution >= 0.6 is 0 Å². The molecule has 0 aromatic heterocycles. The molecule has 5 nitrogen and oxygen atoms in total. The van der Waals surface area contributed by atoms with E-state index in [0.717, 1.165) is 52.8 Å². The smallest absolute Gasteiger partial charge is 0.379 e. The number of rotatable bonds is 7. The van der Waals surface area contributed by atoms with Crippen LogP contribution in [0.5, 0.6) is 0 Å². The lowest BCUT2D eigenvalue weighted by atomic mass is 9.96. The zero-order valence-electron chi connectivity index (χ0n) is 21.0. The molecule has 0 bridgehead atoms. The van der Waals surface area contributed by atoms with Crippen molar-refractivity contribution < 1.29 is 22.7 Å². The number of amides is 2. The predicted octanol–water partition coefficient (Wildman–Crippen LogP) is 6.77. The normalized spacial score (nSPS) is 14.6. The summed E-state index contributed by atoms with van der Waals surface area (Å²) in [6.07, 6.45) is -3.88. The van der Waals surface area contributed by atoms with Gasteiger partial charge in [0, 0.05) is 32.7 Å². The summed E-state index contributed by atoms with van der Waals surface area (Å²) in [5, 5.41) is 6.70. The van der Waals surface area contributed by atoms with Gasteiger partial charge in [0.05, 0.1) is 24.5 Å². The monoisotopic (exact) mass is 521 g/mol. The van der Waals surface area contributed by atoms with Crippen molar-refractivity contribution in [3.8, 4) is 0 Å². The Morgan fingerprint density at radius 3 is 2.16 bits per heavy atom. The second-order valence-electron chi connectivity index (χ2n) is 9.50. The second-order valence-corrected chi connectivity index (χ2v) is 9.50. The van der Waals surface area contributed by atoms with Gasteiger partial charge in [-0.05, 0) is 51.7 Å². The average Bonchev–Trinajstić information content (AvgIpc) is 2.92. The standard InChI is InChI=1S/C30H30F3N3O2/c31-30(32,33)27-12-5-6-13-28(27)34-29(37)36(15-7-14-35-16-18-38-19-17-35)21-26-24-10-3-1-8-22(24)20-23-9-2-4-11-25(23)26/h1-6,8-13,20H,7,14-19,21H2,(H,34,37). The zero-order chi connectivity index (χ0) is 26.5. The molecule has 1 fully saturated rings. The van der Waals surface area contributed by atoms with Gasteiger partial charge in [0.15, 0.2) is 0 Å². The quantitative estimate of drug-likeness (QED) is 0.273. The Kier molecular flexibility index (Phi) is 7.81. The largest absolute Gasteiger partial charge is 0.418 e. The van der Waals surface area contributed by atoms with Gasteiger partial charge in [0.25, 0.3) is 0 Å². The molecule has 1 saturated heterocycles. The topological polar surface area (TPSA) is 44.8 Å². The molecule has 0 radical (unpaired) electrons.